The summed E-state index contributed by atoms with van der Waals surface area (Å²) in [5, 5.41) is 16.1. The fourth-order valence-corrected chi connectivity index (χ4v) is 2.50. The minimum Gasteiger partial charge on any atom is -0.409 e. The maximum Gasteiger partial charge on any atom is 0.156 e. The molecule has 7 nitrogen and oxygen atoms in total. The number of piperazine rings is 1. The highest BCUT2D eigenvalue weighted by Crippen LogP contribution is 2.10. The van der Waals surface area contributed by atoms with Gasteiger partial charge in [0.25, 0.3) is 0 Å². The van der Waals surface area contributed by atoms with Gasteiger partial charge in [-0.2, -0.15) is 5.10 Å². The highest BCUT2D eigenvalue weighted by Gasteiger charge is 2.23. The van der Waals surface area contributed by atoms with Crippen LogP contribution in [0, 0.1) is 0 Å². The van der Waals surface area contributed by atoms with Crippen molar-refractivity contribution in [1.29, 1.82) is 0 Å². The van der Waals surface area contributed by atoms with Gasteiger partial charge in [0.15, 0.2) is 5.84 Å². The second-order valence-electron chi connectivity index (χ2n) is 5.22. The minimum absolute atomic E-state index is 0.00927. The Bertz CT molecular complexity index is 449. The van der Waals surface area contributed by atoms with Gasteiger partial charge in [0.05, 0.1) is 12.2 Å². The van der Waals surface area contributed by atoms with Crippen LogP contribution >= 0.6 is 0 Å². The zero-order chi connectivity index (χ0) is 14.5. The molecule has 1 unspecified atom stereocenters. The first-order chi connectivity index (χ1) is 9.63. The van der Waals surface area contributed by atoms with Crippen LogP contribution in [0.1, 0.15) is 19.4 Å². The van der Waals surface area contributed by atoms with Crippen molar-refractivity contribution < 1.29 is 5.21 Å². The number of hydrogen-bond donors (Lipinski definition) is 2. The first-order valence-electron chi connectivity index (χ1n) is 7.09. The number of aromatic nitrogens is 2. The van der Waals surface area contributed by atoms with Crippen LogP contribution in [0.5, 0.6) is 0 Å². The Hall–Kier alpha value is -1.60. The zero-order valence-electron chi connectivity index (χ0n) is 12.2. The van der Waals surface area contributed by atoms with Gasteiger partial charge in [0.2, 0.25) is 0 Å². The van der Waals surface area contributed by atoms with Crippen molar-refractivity contribution in [2.75, 3.05) is 26.2 Å². The standard InChI is InChI=1S/C13H24N6O/c1-3-19-10-12(8-15-19)9-17-4-6-18(7-5-17)11(2)13(14)16-20/h8,10-11,20H,3-7,9H2,1-2H3,(H2,14,16). The normalized spacial score (nSPS) is 20.2. The van der Waals surface area contributed by atoms with Crippen LogP contribution in [0.2, 0.25) is 0 Å². The molecule has 0 amide bonds. The van der Waals surface area contributed by atoms with Crippen LogP contribution in [0.4, 0.5) is 0 Å². The third kappa shape index (κ3) is 3.49. The summed E-state index contributed by atoms with van der Waals surface area (Å²) in [7, 11) is 0. The number of oxime groups is 1. The Morgan fingerprint density at radius 1 is 1.45 bits per heavy atom. The smallest absolute Gasteiger partial charge is 0.156 e. The molecule has 1 aliphatic rings. The van der Waals surface area contributed by atoms with Crippen LogP contribution in [-0.2, 0) is 13.1 Å². The number of hydrogen-bond acceptors (Lipinski definition) is 5. The van der Waals surface area contributed by atoms with E-state index in [-0.39, 0.29) is 11.9 Å². The van der Waals surface area contributed by atoms with E-state index < -0.39 is 0 Å². The van der Waals surface area contributed by atoms with Gasteiger partial charge >= 0.3 is 0 Å². The Morgan fingerprint density at radius 2 is 2.15 bits per heavy atom. The molecule has 1 aromatic heterocycles. The van der Waals surface area contributed by atoms with E-state index in [1.54, 1.807) is 0 Å². The lowest BCUT2D eigenvalue weighted by Gasteiger charge is -2.37. The quantitative estimate of drug-likeness (QED) is 0.347. The average molecular weight is 280 g/mol. The predicted octanol–water partition coefficient (Wildman–Crippen LogP) is 0.156. The summed E-state index contributed by atoms with van der Waals surface area (Å²) >= 11 is 0. The summed E-state index contributed by atoms with van der Waals surface area (Å²) in [6.45, 7) is 9.73. The maximum absolute atomic E-state index is 8.72. The molecule has 1 fully saturated rings. The fourth-order valence-electron chi connectivity index (χ4n) is 2.50. The molecule has 0 aliphatic carbocycles. The zero-order valence-corrected chi connectivity index (χ0v) is 12.2. The molecule has 20 heavy (non-hydrogen) atoms. The molecule has 2 heterocycles. The van der Waals surface area contributed by atoms with Crippen LogP contribution in [0.25, 0.3) is 0 Å². The summed E-state index contributed by atoms with van der Waals surface area (Å²) in [6, 6.07) is -0.00927. The molecule has 1 aliphatic heterocycles. The molecule has 0 spiro atoms. The van der Waals surface area contributed by atoms with Crippen molar-refractivity contribution in [2.24, 2.45) is 10.9 Å². The van der Waals surface area contributed by atoms with Gasteiger partial charge in [-0.15, -0.1) is 0 Å². The van der Waals surface area contributed by atoms with E-state index in [9.17, 15) is 0 Å². The molecule has 1 saturated heterocycles. The van der Waals surface area contributed by atoms with Crippen molar-refractivity contribution in [1.82, 2.24) is 19.6 Å². The largest absolute Gasteiger partial charge is 0.409 e. The van der Waals surface area contributed by atoms with E-state index in [1.807, 2.05) is 17.8 Å². The Balaban J connectivity index is 1.82. The van der Waals surface area contributed by atoms with Crippen molar-refractivity contribution >= 4 is 5.84 Å². The van der Waals surface area contributed by atoms with Gasteiger partial charge in [-0.3, -0.25) is 14.5 Å². The lowest BCUT2D eigenvalue weighted by atomic mass is 10.2. The first-order valence-corrected chi connectivity index (χ1v) is 7.09. The molecule has 3 N–H and O–H groups in total. The molecular weight excluding hydrogens is 256 g/mol. The summed E-state index contributed by atoms with van der Waals surface area (Å²) in [6.07, 6.45) is 4.04. The number of nitrogens with two attached hydrogens (primary N) is 1. The lowest BCUT2D eigenvalue weighted by molar-refractivity contribution is 0.116. The van der Waals surface area contributed by atoms with Crippen molar-refractivity contribution in [3.8, 4) is 0 Å². The van der Waals surface area contributed by atoms with Crippen molar-refractivity contribution in [2.45, 2.75) is 33.0 Å². The van der Waals surface area contributed by atoms with Gasteiger partial charge in [0, 0.05) is 51.0 Å². The van der Waals surface area contributed by atoms with E-state index >= 15 is 0 Å². The van der Waals surface area contributed by atoms with Gasteiger partial charge < -0.3 is 10.9 Å². The molecular formula is C13H24N6O. The first kappa shape index (κ1) is 14.8. The molecule has 7 heteroatoms. The van der Waals surface area contributed by atoms with E-state index in [0.717, 1.165) is 39.3 Å². The monoisotopic (exact) mass is 280 g/mol. The third-order valence-corrected chi connectivity index (χ3v) is 3.92. The summed E-state index contributed by atoms with van der Waals surface area (Å²) in [5.74, 6) is 0.280. The topological polar surface area (TPSA) is 82.9 Å². The van der Waals surface area contributed by atoms with E-state index in [2.05, 4.69) is 33.2 Å². The Labute approximate surface area is 119 Å². The van der Waals surface area contributed by atoms with Gasteiger partial charge in [0.1, 0.15) is 0 Å². The number of amidine groups is 1. The van der Waals surface area contributed by atoms with Gasteiger partial charge in [-0.1, -0.05) is 5.16 Å². The molecule has 2 rings (SSSR count). The molecule has 1 aromatic rings. The summed E-state index contributed by atoms with van der Waals surface area (Å²) < 4.78 is 1.95. The number of nitrogens with zero attached hydrogens (tertiary/aromatic N) is 5. The summed E-state index contributed by atoms with van der Waals surface area (Å²) in [5.41, 5.74) is 6.91. The second kappa shape index (κ2) is 6.71. The second-order valence-corrected chi connectivity index (χ2v) is 5.22. The van der Waals surface area contributed by atoms with Crippen LogP contribution < -0.4 is 5.73 Å². The van der Waals surface area contributed by atoms with E-state index in [0.29, 0.717) is 0 Å². The fraction of sp³-hybridized carbons (Fsp3) is 0.692. The molecule has 0 saturated carbocycles. The van der Waals surface area contributed by atoms with E-state index in [4.69, 9.17) is 10.9 Å². The van der Waals surface area contributed by atoms with Crippen molar-refractivity contribution in [3.05, 3.63) is 18.0 Å². The Morgan fingerprint density at radius 3 is 2.70 bits per heavy atom. The summed E-state index contributed by atoms with van der Waals surface area (Å²) in [4.78, 5) is 4.65. The minimum atomic E-state index is -0.00927. The lowest BCUT2D eigenvalue weighted by Crippen LogP contribution is -2.52. The highest BCUT2D eigenvalue weighted by molar-refractivity contribution is 5.84. The Kier molecular flexibility index (Phi) is 4.97. The van der Waals surface area contributed by atoms with Crippen LogP contribution in [0.15, 0.2) is 17.5 Å². The molecule has 1 atom stereocenters. The molecule has 0 aromatic carbocycles. The predicted molar refractivity (Wildman–Crippen MR) is 77.6 cm³/mol. The highest BCUT2D eigenvalue weighted by atomic mass is 16.4. The average Bonchev–Trinajstić information content (AvgIpc) is 2.94. The van der Waals surface area contributed by atoms with Crippen molar-refractivity contribution in [3.63, 3.8) is 0 Å². The van der Waals surface area contributed by atoms with Crippen LogP contribution in [-0.4, -0.2) is 62.8 Å². The molecule has 0 bridgehead atoms. The SMILES string of the molecule is CCn1cc(CN2CCN(C(C)C(N)=NO)CC2)cn1. The van der Waals surface area contributed by atoms with E-state index in [1.165, 1.54) is 5.56 Å². The molecule has 112 valence electrons. The van der Waals surface area contributed by atoms with Crippen LogP contribution in [0.3, 0.4) is 0 Å². The maximum atomic E-state index is 8.72. The van der Waals surface area contributed by atoms with Gasteiger partial charge in [-0.25, -0.2) is 0 Å². The molecule has 0 radical (unpaired) electrons. The van der Waals surface area contributed by atoms with Gasteiger partial charge in [-0.05, 0) is 13.8 Å². The number of rotatable bonds is 5. The number of aryl methyl sites for hydroxylation is 1. The third-order valence-electron chi connectivity index (χ3n) is 3.92.